The number of hydrogen-bond acceptors (Lipinski definition) is 4. The van der Waals surface area contributed by atoms with Gasteiger partial charge in [-0.15, -0.1) is 16.8 Å². The van der Waals surface area contributed by atoms with Crippen LogP contribution in [0.3, 0.4) is 0 Å². The SMILES string of the molecule is C=CCNn1c(O)c(N=NC(=S)N(CC)CC)c2ccccc21. The van der Waals surface area contributed by atoms with Gasteiger partial charge >= 0.3 is 0 Å². The van der Waals surface area contributed by atoms with E-state index in [2.05, 4.69) is 22.2 Å². The standard InChI is InChI=1S/C16H21N5OS/c1-4-11-17-21-13-10-8-7-9-12(13)14(15(21)22)18-19-16(23)20(5-2)6-3/h4,7-10,17,22H,1,5-6,11H2,2-3H3. The fourth-order valence-corrected chi connectivity index (χ4v) is 2.57. The summed E-state index contributed by atoms with van der Waals surface area (Å²) in [6, 6.07) is 7.57. The zero-order valence-corrected chi connectivity index (χ0v) is 14.2. The van der Waals surface area contributed by atoms with Crippen LogP contribution in [-0.4, -0.2) is 39.4 Å². The summed E-state index contributed by atoms with van der Waals surface area (Å²) in [4.78, 5) is 1.92. The first-order valence-electron chi connectivity index (χ1n) is 7.51. The molecule has 0 spiro atoms. The first kappa shape index (κ1) is 17.0. The Balaban J connectivity index is 2.42. The number of para-hydroxylation sites is 1. The topological polar surface area (TPSA) is 65.1 Å². The summed E-state index contributed by atoms with van der Waals surface area (Å²) in [6.45, 7) is 9.73. The Morgan fingerprint density at radius 1 is 1.39 bits per heavy atom. The fraction of sp³-hybridized carbons (Fsp3) is 0.312. The predicted octanol–water partition coefficient (Wildman–Crippen LogP) is 3.79. The lowest BCUT2D eigenvalue weighted by Crippen LogP contribution is -2.27. The molecule has 2 N–H and O–H groups in total. The van der Waals surface area contributed by atoms with Crippen molar-refractivity contribution in [3.8, 4) is 5.88 Å². The second kappa shape index (κ2) is 7.73. The van der Waals surface area contributed by atoms with Crippen LogP contribution in [0.25, 0.3) is 10.9 Å². The van der Waals surface area contributed by atoms with Gasteiger partial charge in [0.1, 0.15) is 0 Å². The Hall–Kier alpha value is -2.41. The van der Waals surface area contributed by atoms with Crippen LogP contribution in [0.1, 0.15) is 13.8 Å². The van der Waals surface area contributed by atoms with Crippen LogP contribution in [0.4, 0.5) is 5.69 Å². The van der Waals surface area contributed by atoms with E-state index in [1.54, 1.807) is 10.8 Å². The number of benzene rings is 1. The minimum Gasteiger partial charge on any atom is -0.492 e. The van der Waals surface area contributed by atoms with Gasteiger partial charge < -0.3 is 15.4 Å². The first-order valence-corrected chi connectivity index (χ1v) is 7.92. The van der Waals surface area contributed by atoms with Gasteiger partial charge in [0.15, 0.2) is 5.69 Å². The van der Waals surface area contributed by atoms with Gasteiger partial charge in [0.05, 0.1) is 5.52 Å². The van der Waals surface area contributed by atoms with Gasteiger partial charge in [-0.2, -0.15) is 0 Å². The van der Waals surface area contributed by atoms with Crippen molar-refractivity contribution < 1.29 is 5.11 Å². The third kappa shape index (κ3) is 3.50. The summed E-state index contributed by atoms with van der Waals surface area (Å²) >= 11 is 5.26. The number of fused-ring (bicyclic) bond motifs is 1. The molecule has 0 bridgehead atoms. The molecular weight excluding hydrogens is 310 g/mol. The van der Waals surface area contributed by atoms with Crippen LogP contribution in [0.15, 0.2) is 47.1 Å². The summed E-state index contributed by atoms with van der Waals surface area (Å²) in [5.41, 5.74) is 4.27. The molecule has 6 nitrogen and oxygen atoms in total. The van der Waals surface area contributed by atoms with Crippen molar-refractivity contribution in [1.29, 1.82) is 0 Å². The van der Waals surface area contributed by atoms with Crippen molar-refractivity contribution in [2.75, 3.05) is 25.1 Å². The van der Waals surface area contributed by atoms with Gasteiger partial charge in [-0.3, -0.25) is 0 Å². The van der Waals surface area contributed by atoms with Crippen LogP contribution in [-0.2, 0) is 0 Å². The molecule has 0 fully saturated rings. The summed E-state index contributed by atoms with van der Waals surface area (Å²) in [5.74, 6) is -0.000790. The second-order valence-electron chi connectivity index (χ2n) is 4.83. The summed E-state index contributed by atoms with van der Waals surface area (Å²) in [7, 11) is 0. The fourth-order valence-electron chi connectivity index (χ4n) is 2.27. The van der Waals surface area contributed by atoms with E-state index in [0.717, 1.165) is 24.0 Å². The summed E-state index contributed by atoms with van der Waals surface area (Å²) in [6.07, 6.45) is 1.71. The number of thiocarbonyl (C=S) groups is 1. The number of nitrogens with one attached hydrogen (secondary N) is 1. The van der Waals surface area contributed by atoms with Gasteiger partial charge in [-0.05, 0) is 32.1 Å². The first-order chi connectivity index (χ1) is 11.1. The second-order valence-corrected chi connectivity index (χ2v) is 5.20. The summed E-state index contributed by atoms with van der Waals surface area (Å²) < 4.78 is 1.58. The average Bonchev–Trinajstić information content (AvgIpc) is 2.83. The Labute approximate surface area is 141 Å². The molecule has 0 unspecified atom stereocenters. The lowest BCUT2D eigenvalue weighted by molar-refractivity contribution is 0.437. The van der Waals surface area contributed by atoms with E-state index in [0.29, 0.717) is 17.3 Å². The molecule has 0 atom stereocenters. The molecule has 0 aliphatic carbocycles. The summed E-state index contributed by atoms with van der Waals surface area (Å²) in [5, 5.41) is 20.0. The van der Waals surface area contributed by atoms with Crippen LogP contribution >= 0.6 is 12.2 Å². The number of hydrogen-bond donors (Lipinski definition) is 2. The molecule has 23 heavy (non-hydrogen) atoms. The number of azo groups is 1. The molecule has 0 saturated carbocycles. The van der Waals surface area contributed by atoms with Crippen molar-refractivity contribution in [1.82, 2.24) is 9.58 Å². The van der Waals surface area contributed by atoms with E-state index < -0.39 is 0 Å². The molecule has 1 aromatic heterocycles. The van der Waals surface area contributed by atoms with Gasteiger partial charge in [0.25, 0.3) is 0 Å². The third-order valence-electron chi connectivity index (χ3n) is 3.49. The molecule has 0 radical (unpaired) electrons. The van der Waals surface area contributed by atoms with Crippen molar-refractivity contribution >= 4 is 33.9 Å². The zero-order valence-electron chi connectivity index (χ0n) is 13.4. The largest absolute Gasteiger partial charge is 0.492 e. The van der Waals surface area contributed by atoms with E-state index in [1.807, 2.05) is 43.0 Å². The number of aromatic nitrogens is 1. The van der Waals surface area contributed by atoms with Gasteiger partial charge in [-0.1, -0.05) is 24.3 Å². The highest BCUT2D eigenvalue weighted by Gasteiger charge is 2.16. The molecule has 0 aliphatic rings. The Morgan fingerprint density at radius 2 is 2.09 bits per heavy atom. The Morgan fingerprint density at radius 3 is 2.74 bits per heavy atom. The monoisotopic (exact) mass is 331 g/mol. The molecule has 1 aromatic carbocycles. The minimum atomic E-state index is -0.000790. The molecule has 0 amide bonds. The minimum absolute atomic E-state index is 0.000790. The highest BCUT2D eigenvalue weighted by molar-refractivity contribution is 7.80. The number of nitrogens with zero attached hydrogens (tertiary/aromatic N) is 4. The maximum Gasteiger partial charge on any atom is 0.239 e. The highest BCUT2D eigenvalue weighted by Crippen LogP contribution is 2.37. The van der Waals surface area contributed by atoms with Gasteiger partial charge in [-0.25, -0.2) is 4.68 Å². The average molecular weight is 331 g/mol. The van der Waals surface area contributed by atoms with Crippen LogP contribution in [0.5, 0.6) is 5.88 Å². The maximum atomic E-state index is 10.5. The molecule has 1 heterocycles. The van der Waals surface area contributed by atoms with Crippen molar-refractivity contribution in [3.63, 3.8) is 0 Å². The van der Waals surface area contributed by atoms with Crippen molar-refractivity contribution in [2.45, 2.75) is 13.8 Å². The number of aromatic hydroxyl groups is 1. The van der Waals surface area contributed by atoms with Gasteiger partial charge in [0.2, 0.25) is 11.0 Å². The molecule has 122 valence electrons. The molecular formula is C16H21N5OS. The zero-order chi connectivity index (χ0) is 16.8. The smallest absolute Gasteiger partial charge is 0.239 e. The third-order valence-corrected chi connectivity index (χ3v) is 3.83. The van der Waals surface area contributed by atoms with E-state index in [1.165, 1.54) is 0 Å². The lowest BCUT2D eigenvalue weighted by Gasteiger charge is -2.16. The number of rotatable bonds is 6. The van der Waals surface area contributed by atoms with Crippen molar-refractivity contribution in [2.24, 2.45) is 10.2 Å². The highest BCUT2D eigenvalue weighted by atomic mass is 32.1. The predicted molar refractivity (Wildman–Crippen MR) is 98.1 cm³/mol. The van der Waals surface area contributed by atoms with Crippen LogP contribution < -0.4 is 5.43 Å². The molecule has 2 aromatic rings. The maximum absolute atomic E-state index is 10.5. The van der Waals surface area contributed by atoms with Crippen LogP contribution in [0, 0.1) is 0 Å². The lowest BCUT2D eigenvalue weighted by atomic mass is 10.2. The normalized spacial score (nSPS) is 11.0. The van der Waals surface area contributed by atoms with Gasteiger partial charge in [0, 0.05) is 25.0 Å². The van der Waals surface area contributed by atoms with E-state index >= 15 is 0 Å². The van der Waals surface area contributed by atoms with E-state index in [4.69, 9.17) is 12.2 Å². The Kier molecular flexibility index (Phi) is 5.70. The van der Waals surface area contributed by atoms with Crippen molar-refractivity contribution in [3.05, 3.63) is 36.9 Å². The molecule has 0 saturated heterocycles. The molecule has 0 aliphatic heterocycles. The molecule has 7 heteroatoms. The van der Waals surface area contributed by atoms with E-state index in [9.17, 15) is 5.11 Å². The van der Waals surface area contributed by atoms with Crippen LogP contribution in [0.2, 0.25) is 0 Å². The Bertz CT molecular complexity index is 733. The van der Waals surface area contributed by atoms with E-state index in [-0.39, 0.29) is 5.88 Å². The quantitative estimate of drug-likeness (QED) is 0.480. The molecule has 2 rings (SSSR count).